The van der Waals surface area contributed by atoms with E-state index in [1.165, 1.54) is 0 Å². The largest absolute Gasteiger partial charge is 0.507 e. The summed E-state index contributed by atoms with van der Waals surface area (Å²) in [5.41, 5.74) is 2.17. The van der Waals surface area contributed by atoms with Gasteiger partial charge in [0, 0.05) is 24.5 Å². The molecule has 3 rings (SSSR count). The van der Waals surface area contributed by atoms with E-state index >= 15 is 0 Å². The van der Waals surface area contributed by atoms with Gasteiger partial charge in [-0.05, 0) is 88.3 Å². The lowest BCUT2D eigenvalue weighted by Crippen LogP contribution is -2.33. The van der Waals surface area contributed by atoms with E-state index in [1.54, 1.807) is 47.6 Å². The molecule has 1 fully saturated rings. The number of rotatable bonds is 10. The number of likely N-dealkylation sites (tertiary alicyclic amines) is 1. The third-order valence-corrected chi connectivity index (χ3v) is 6.14. The van der Waals surface area contributed by atoms with Crippen LogP contribution >= 0.6 is 0 Å². The van der Waals surface area contributed by atoms with Gasteiger partial charge in [0.25, 0.3) is 11.7 Å². The molecule has 0 spiro atoms. The van der Waals surface area contributed by atoms with Gasteiger partial charge in [-0.2, -0.15) is 0 Å². The van der Waals surface area contributed by atoms with Crippen molar-refractivity contribution >= 4 is 17.4 Å². The molecule has 1 atom stereocenters. The van der Waals surface area contributed by atoms with E-state index < -0.39 is 17.7 Å². The lowest BCUT2D eigenvalue weighted by Gasteiger charge is -2.26. The first kappa shape index (κ1) is 25.4. The highest BCUT2D eigenvalue weighted by molar-refractivity contribution is 6.46. The van der Waals surface area contributed by atoms with Crippen LogP contribution in [0.1, 0.15) is 56.8 Å². The molecule has 1 aliphatic rings. The summed E-state index contributed by atoms with van der Waals surface area (Å²) in [6.07, 6.45) is 4.02. The highest BCUT2D eigenvalue weighted by Crippen LogP contribution is 2.39. The number of Topliss-reactive ketones (excluding diaryl/α,β-unsaturated/α-hetero) is 1. The Labute approximate surface area is 202 Å². The summed E-state index contributed by atoms with van der Waals surface area (Å²) in [6, 6.07) is 8.19. The van der Waals surface area contributed by atoms with E-state index in [-0.39, 0.29) is 17.4 Å². The number of ether oxygens (including phenoxy) is 1. The maximum absolute atomic E-state index is 13.2. The van der Waals surface area contributed by atoms with Gasteiger partial charge in [0.05, 0.1) is 17.7 Å². The summed E-state index contributed by atoms with van der Waals surface area (Å²) in [7, 11) is 0. The van der Waals surface area contributed by atoms with E-state index in [9.17, 15) is 14.7 Å². The quantitative estimate of drug-likeness (QED) is 0.319. The number of benzene rings is 1. The van der Waals surface area contributed by atoms with E-state index in [0.717, 1.165) is 37.2 Å². The number of hydrogen-bond acceptors (Lipinski definition) is 6. The van der Waals surface area contributed by atoms with Crippen LogP contribution < -0.4 is 4.74 Å². The molecule has 182 valence electrons. The number of amides is 1. The molecule has 2 aromatic rings. The number of aliphatic hydroxyl groups excluding tert-OH is 1. The van der Waals surface area contributed by atoms with Crippen LogP contribution in [0.4, 0.5) is 0 Å². The van der Waals surface area contributed by atoms with Crippen LogP contribution in [0.5, 0.6) is 5.75 Å². The number of aliphatic hydroxyl groups is 1. The van der Waals surface area contributed by atoms with Gasteiger partial charge in [0.2, 0.25) is 0 Å². The smallest absolute Gasteiger partial charge is 0.295 e. The van der Waals surface area contributed by atoms with Gasteiger partial charge in [-0.3, -0.25) is 14.6 Å². The van der Waals surface area contributed by atoms with Crippen molar-refractivity contribution in [1.29, 1.82) is 0 Å². The molecule has 0 radical (unpaired) electrons. The molecule has 2 heterocycles. The highest BCUT2D eigenvalue weighted by atomic mass is 16.5. The van der Waals surface area contributed by atoms with Crippen molar-refractivity contribution in [2.24, 2.45) is 0 Å². The fourth-order valence-electron chi connectivity index (χ4n) is 4.35. The SMILES string of the molecule is CCN(CC)CCCN1C(=O)C(=O)/C(=C(\O)c2ccc(OC(C)C)c(C)c2)C1c1ccncc1. The lowest BCUT2D eigenvalue weighted by atomic mass is 9.95. The Hall–Kier alpha value is -3.19. The summed E-state index contributed by atoms with van der Waals surface area (Å²) >= 11 is 0. The second-order valence-corrected chi connectivity index (χ2v) is 8.80. The molecular formula is C27H35N3O4. The average Bonchev–Trinajstić information content (AvgIpc) is 3.08. The molecule has 1 N–H and O–H groups in total. The molecule has 1 aromatic heterocycles. The summed E-state index contributed by atoms with van der Waals surface area (Å²) in [5.74, 6) is -0.707. The molecular weight excluding hydrogens is 430 g/mol. The number of carbonyl (C=O) groups is 2. The maximum atomic E-state index is 13.2. The minimum absolute atomic E-state index is 0.0199. The zero-order chi connectivity index (χ0) is 24.8. The molecule has 1 aliphatic heterocycles. The third kappa shape index (κ3) is 5.47. The second kappa shape index (κ2) is 11.3. The van der Waals surface area contributed by atoms with E-state index in [1.807, 2.05) is 20.8 Å². The molecule has 0 aliphatic carbocycles. The zero-order valence-electron chi connectivity index (χ0n) is 20.7. The van der Waals surface area contributed by atoms with Gasteiger partial charge in [0.15, 0.2) is 0 Å². The average molecular weight is 466 g/mol. The first-order valence-corrected chi connectivity index (χ1v) is 12.0. The van der Waals surface area contributed by atoms with E-state index in [2.05, 4.69) is 23.7 Å². The van der Waals surface area contributed by atoms with Crippen LogP contribution in [0, 0.1) is 6.92 Å². The summed E-state index contributed by atoms with van der Waals surface area (Å²) in [6.45, 7) is 13.1. The lowest BCUT2D eigenvalue weighted by molar-refractivity contribution is -0.140. The maximum Gasteiger partial charge on any atom is 0.295 e. The number of pyridine rings is 1. The number of carbonyl (C=O) groups excluding carboxylic acids is 2. The highest BCUT2D eigenvalue weighted by Gasteiger charge is 2.45. The Kier molecular flexibility index (Phi) is 8.45. The standard InChI is InChI=1S/C27H35N3O4/c1-6-29(7-2)15-8-16-30-24(20-11-13-28-14-12-20)23(26(32)27(30)33)25(31)21-9-10-22(19(5)17-21)34-18(3)4/h9-14,17-18,24,31H,6-8,15-16H2,1-5H3/b25-23-. The number of aryl methyl sites for hydroxylation is 1. The van der Waals surface area contributed by atoms with Gasteiger partial charge < -0.3 is 19.6 Å². The second-order valence-electron chi connectivity index (χ2n) is 8.80. The summed E-state index contributed by atoms with van der Waals surface area (Å²) in [4.78, 5) is 34.2. The predicted molar refractivity (Wildman–Crippen MR) is 133 cm³/mol. The van der Waals surface area contributed by atoms with Crippen molar-refractivity contribution in [3.63, 3.8) is 0 Å². The van der Waals surface area contributed by atoms with Gasteiger partial charge in [-0.25, -0.2) is 0 Å². The first-order chi connectivity index (χ1) is 16.3. The van der Waals surface area contributed by atoms with Crippen molar-refractivity contribution in [2.75, 3.05) is 26.2 Å². The third-order valence-electron chi connectivity index (χ3n) is 6.14. The van der Waals surface area contributed by atoms with Crippen LogP contribution in [0.2, 0.25) is 0 Å². The van der Waals surface area contributed by atoms with Crippen molar-refractivity contribution in [3.05, 3.63) is 65.0 Å². The molecule has 1 saturated heterocycles. The van der Waals surface area contributed by atoms with E-state index in [0.29, 0.717) is 17.9 Å². The van der Waals surface area contributed by atoms with Crippen molar-refractivity contribution in [3.8, 4) is 5.75 Å². The van der Waals surface area contributed by atoms with Gasteiger partial charge in [-0.1, -0.05) is 13.8 Å². The molecule has 1 amide bonds. The summed E-state index contributed by atoms with van der Waals surface area (Å²) in [5, 5.41) is 11.3. The molecule has 1 unspecified atom stereocenters. The summed E-state index contributed by atoms with van der Waals surface area (Å²) < 4.78 is 5.79. The number of ketones is 1. The Balaban J connectivity index is 2.00. The Morgan fingerprint density at radius 1 is 1.15 bits per heavy atom. The van der Waals surface area contributed by atoms with Crippen molar-refractivity contribution in [2.45, 2.75) is 53.2 Å². The Bertz CT molecular complexity index is 1050. The monoisotopic (exact) mass is 465 g/mol. The van der Waals surface area contributed by atoms with Gasteiger partial charge in [-0.15, -0.1) is 0 Å². The van der Waals surface area contributed by atoms with Crippen LogP contribution in [0.25, 0.3) is 5.76 Å². The number of aromatic nitrogens is 1. The van der Waals surface area contributed by atoms with Crippen LogP contribution in [0.15, 0.2) is 48.3 Å². The normalized spacial score (nSPS) is 17.7. The molecule has 0 bridgehead atoms. The predicted octanol–water partition coefficient (Wildman–Crippen LogP) is 4.33. The number of hydrogen-bond donors (Lipinski definition) is 1. The minimum Gasteiger partial charge on any atom is -0.507 e. The topological polar surface area (TPSA) is 83.0 Å². The van der Waals surface area contributed by atoms with E-state index in [4.69, 9.17) is 4.74 Å². The minimum atomic E-state index is -0.665. The van der Waals surface area contributed by atoms with Crippen molar-refractivity contribution < 1.29 is 19.4 Å². The van der Waals surface area contributed by atoms with Crippen LogP contribution in [0.3, 0.4) is 0 Å². The fourth-order valence-corrected chi connectivity index (χ4v) is 4.35. The molecule has 0 saturated carbocycles. The molecule has 7 nitrogen and oxygen atoms in total. The van der Waals surface area contributed by atoms with Gasteiger partial charge in [0.1, 0.15) is 11.5 Å². The Morgan fingerprint density at radius 2 is 1.82 bits per heavy atom. The molecule has 1 aromatic carbocycles. The number of nitrogens with zero attached hydrogens (tertiary/aromatic N) is 3. The first-order valence-electron chi connectivity index (χ1n) is 12.0. The van der Waals surface area contributed by atoms with Gasteiger partial charge >= 0.3 is 0 Å². The van der Waals surface area contributed by atoms with Crippen molar-refractivity contribution in [1.82, 2.24) is 14.8 Å². The Morgan fingerprint density at radius 3 is 2.41 bits per heavy atom. The molecule has 7 heteroatoms. The van der Waals surface area contributed by atoms with Crippen LogP contribution in [-0.2, 0) is 9.59 Å². The fraction of sp³-hybridized carbons (Fsp3) is 0.444. The van der Waals surface area contributed by atoms with Crippen LogP contribution in [-0.4, -0.2) is 63.9 Å². The molecule has 34 heavy (non-hydrogen) atoms. The zero-order valence-corrected chi connectivity index (χ0v) is 20.7.